The Balaban J connectivity index is 1.72. The quantitative estimate of drug-likeness (QED) is 0.896. The molecule has 2 saturated heterocycles. The molecule has 2 aliphatic rings. The molecule has 21 heavy (non-hydrogen) atoms. The van der Waals surface area contributed by atoms with E-state index < -0.39 is 0 Å². The SMILES string of the molecule is CCC(=O)Nc1ccc(Cl)c(NC2CCN3CCCC23)c1. The van der Waals surface area contributed by atoms with Crippen molar-refractivity contribution in [1.29, 1.82) is 0 Å². The van der Waals surface area contributed by atoms with Gasteiger partial charge >= 0.3 is 0 Å². The Hall–Kier alpha value is -1.26. The maximum atomic E-state index is 11.5. The summed E-state index contributed by atoms with van der Waals surface area (Å²) in [6.07, 6.45) is 4.20. The Morgan fingerprint density at radius 3 is 3.05 bits per heavy atom. The summed E-state index contributed by atoms with van der Waals surface area (Å²) in [5.74, 6) is 0.0195. The van der Waals surface area contributed by atoms with Crippen LogP contribution in [0.1, 0.15) is 32.6 Å². The number of benzene rings is 1. The van der Waals surface area contributed by atoms with Gasteiger partial charge in [0.2, 0.25) is 5.91 Å². The monoisotopic (exact) mass is 307 g/mol. The largest absolute Gasteiger partial charge is 0.379 e. The topological polar surface area (TPSA) is 44.4 Å². The molecule has 0 saturated carbocycles. The summed E-state index contributed by atoms with van der Waals surface area (Å²) >= 11 is 6.30. The van der Waals surface area contributed by atoms with Crippen molar-refractivity contribution in [3.63, 3.8) is 0 Å². The van der Waals surface area contributed by atoms with Crippen molar-refractivity contribution in [1.82, 2.24) is 4.90 Å². The lowest BCUT2D eigenvalue weighted by molar-refractivity contribution is -0.115. The number of fused-ring (bicyclic) bond motifs is 1. The van der Waals surface area contributed by atoms with E-state index in [0.717, 1.165) is 17.8 Å². The molecule has 0 radical (unpaired) electrons. The molecule has 2 fully saturated rings. The first-order chi connectivity index (χ1) is 10.2. The Labute approximate surface area is 130 Å². The fourth-order valence-electron chi connectivity index (χ4n) is 3.41. The second kappa shape index (κ2) is 6.24. The van der Waals surface area contributed by atoms with E-state index in [9.17, 15) is 4.79 Å². The first kappa shape index (κ1) is 14.7. The maximum absolute atomic E-state index is 11.5. The van der Waals surface area contributed by atoms with Gasteiger partial charge in [0, 0.05) is 30.7 Å². The van der Waals surface area contributed by atoms with E-state index in [1.807, 2.05) is 25.1 Å². The summed E-state index contributed by atoms with van der Waals surface area (Å²) in [5.41, 5.74) is 1.72. The van der Waals surface area contributed by atoms with Crippen molar-refractivity contribution in [2.24, 2.45) is 0 Å². The van der Waals surface area contributed by atoms with Gasteiger partial charge in [-0.25, -0.2) is 0 Å². The zero-order valence-corrected chi connectivity index (χ0v) is 13.1. The van der Waals surface area contributed by atoms with Gasteiger partial charge in [-0.1, -0.05) is 18.5 Å². The molecular weight excluding hydrogens is 286 g/mol. The molecule has 1 aromatic rings. The second-order valence-electron chi connectivity index (χ2n) is 5.88. The Morgan fingerprint density at radius 1 is 1.38 bits per heavy atom. The van der Waals surface area contributed by atoms with Crippen molar-refractivity contribution >= 4 is 28.9 Å². The fraction of sp³-hybridized carbons (Fsp3) is 0.562. The number of hydrogen-bond acceptors (Lipinski definition) is 3. The molecular formula is C16H22ClN3O. The van der Waals surface area contributed by atoms with Gasteiger partial charge in [-0.3, -0.25) is 9.69 Å². The van der Waals surface area contributed by atoms with Gasteiger partial charge in [0.05, 0.1) is 10.7 Å². The highest BCUT2D eigenvalue weighted by Gasteiger charge is 2.37. The van der Waals surface area contributed by atoms with Crippen LogP contribution in [-0.4, -0.2) is 36.0 Å². The van der Waals surface area contributed by atoms with Crippen LogP contribution in [0.15, 0.2) is 18.2 Å². The van der Waals surface area contributed by atoms with Crippen molar-refractivity contribution < 1.29 is 4.79 Å². The molecule has 5 heteroatoms. The van der Waals surface area contributed by atoms with Crippen LogP contribution >= 0.6 is 11.6 Å². The lowest BCUT2D eigenvalue weighted by Gasteiger charge is -2.23. The van der Waals surface area contributed by atoms with Gasteiger partial charge in [-0.05, 0) is 44.0 Å². The van der Waals surface area contributed by atoms with E-state index in [4.69, 9.17) is 11.6 Å². The van der Waals surface area contributed by atoms with Crippen molar-refractivity contribution in [2.75, 3.05) is 23.7 Å². The summed E-state index contributed by atoms with van der Waals surface area (Å²) in [5, 5.41) is 7.18. The van der Waals surface area contributed by atoms with Crippen LogP contribution in [0.2, 0.25) is 5.02 Å². The van der Waals surface area contributed by atoms with Gasteiger partial charge < -0.3 is 10.6 Å². The highest BCUT2D eigenvalue weighted by atomic mass is 35.5. The summed E-state index contributed by atoms with van der Waals surface area (Å²) in [7, 11) is 0. The van der Waals surface area contributed by atoms with Gasteiger partial charge in [0.1, 0.15) is 0 Å². The smallest absolute Gasteiger partial charge is 0.224 e. The molecule has 2 N–H and O–H groups in total. The number of carbonyl (C=O) groups excluding carboxylic acids is 1. The molecule has 114 valence electrons. The number of nitrogens with zero attached hydrogens (tertiary/aromatic N) is 1. The molecule has 2 atom stereocenters. The molecule has 4 nitrogen and oxygen atoms in total. The summed E-state index contributed by atoms with van der Waals surface area (Å²) in [6, 6.07) is 6.72. The van der Waals surface area contributed by atoms with E-state index in [2.05, 4.69) is 15.5 Å². The summed E-state index contributed by atoms with van der Waals surface area (Å²) in [6.45, 7) is 4.24. The van der Waals surface area contributed by atoms with Gasteiger partial charge in [-0.15, -0.1) is 0 Å². The lowest BCUT2D eigenvalue weighted by atomic mass is 10.1. The third-order valence-corrected chi connectivity index (χ3v) is 4.85. The Bertz CT molecular complexity index is 534. The summed E-state index contributed by atoms with van der Waals surface area (Å²) < 4.78 is 0. The molecule has 2 unspecified atom stereocenters. The average Bonchev–Trinajstić information content (AvgIpc) is 3.07. The van der Waals surface area contributed by atoms with E-state index >= 15 is 0 Å². The number of halogens is 1. The molecule has 1 amide bonds. The van der Waals surface area contributed by atoms with E-state index in [1.54, 1.807) is 0 Å². The molecule has 2 heterocycles. The van der Waals surface area contributed by atoms with E-state index in [1.165, 1.54) is 25.9 Å². The maximum Gasteiger partial charge on any atom is 0.224 e. The lowest BCUT2D eigenvalue weighted by Crippen LogP contribution is -2.33. The highest BCUT2D eigenvalue weighted by molar-refractivity contribution is 6.33. The third kappa shape index (κ3) is 3.16. The van der Waals surface area contributed by atoms with Crippen LogP contribution in [0.4, 0.5) is 11.4 Å². The van der Waals surface area contributed by atoms with Crippen molar-refractivity contribution in [2.45, 2.75) is 44.7 Å². The van der Waals surface area contributed by atoms with Gasteiger partial charge in [0.15, 0.2) is 0 Å². The van der Waals surface area contributed by atoms with Crippen LogP contribution < -0.4 is 10.6 Å². The zero-order valence-electron chi connectivity index (χ0n) is 12.4. The first-order valence-electron chi connectivity index (χ1n) is 7.77. The van der Waals surface area contributed by atoms with E-state index in [-0.39, 0.29) is 5.91 Å². The van der Waals surface area contributed by atoms with Crippen LogP contribution in [0.3, 0.4) is 0 Å². The number of carbonyl (C=O) groups is 1. The predicted molar refractivity (Wildman–Crippen MR) is 87.0 cm³/mol. The normalized spacial score (nSPS) is 24.9. The van der Waals surface area contributed by atoms with Crippen molar-refractivity contribution in [3.05, 3.63) is 23.2 Å². The molecule has 0 spiro atoms. The number of hydrogen-bond donors (Lipinski definition) is 2. The molecule has 0 aliphatic carbocycles. The van der Waals surface area contributed by atoms with Gasteiger partial charge in [0.25, 0.3) is 0 Å². The first-order valence-corrected chi connectivity index (χ1v) is 8.15. The van der Waals surface area contributed by atoms with Crippen LogP contribution in [0, 0.1) is 0 Å². The molecule has 3 rings (SSSR count). The molecule has 0 aromatic heterocycles. The van der Waals surface area contributed by atoms with Gasteiger partial charge in [-0.2, -0.15) is 0 Å². The van der Waals surface area contributed by atoms with Crippen LogP contribution in [-0.2, 0) is 4.79 Å². The van der Waals surface area contributed by atoms with Crippen molar-refractivity contribution in [3.8, 4) is 0 Å². The molecule has 2 aliphatic heterocycles. The van der Waals surface area contributed by atoms with Crippen LogP contribution in [0.5, 0.6) is 0 Å². The molecule has 0 bridgehead atoms. The number of rotatable bonds is 4. The minimum absolute atomic E-state index is 0.0195. The fourth-order valence-corrected chi connectivity index (χ4v) is 3.59. The third-order valence-electron chi connectivity index (χ3n) is 4.52. The minimum Gasteiger partial charge on any atom is -0.379 e. The second-order valence-corrected chi connectivity index (χ2v) is 6.29. The average molecular weight is 308 g/mol. The molecule has 1 aromatic carbocycles. The highest BCUT2D eigenvalue weighted by Crippen LogP contribution is 2.33. The zero-order chi connectivity index (χ0) is 14.8. The number of nitrogens with one attached hydrogen (secondary N) is 2. The van der Waals surface area contributed by atoms with Crippen LogP contribution in [0.25, 0.3) is 0 Å². The standard InChI is InChI=1S/C16H22ClN3O/c1-2-16(21)18-11-5-6-12(17)14(10-11)19-13-7-9-20-8-3-4-15(13)20/h5-6,10,13,15,19H,2-4,7-9H2,1H3,(H,18,21). The minimum atomic E-state index is 0.0195. The Morgan fingerprint density at radius 2 is 2.24 bits per heavy atom. The Kier molecular flexibility index (Phi) is 4.36. The van der Waals surface area contributed by atoms with E-state index in [0.29, 0.717) is 23.5 Å². The number of amides is 1. The predicted octanol–water partition coefficient (Wildman–Crippen LogP) is 3.34. The summed E-state index contributed by atoms with van der Waals surface area (Å²) in [4.78, 5) is 14.1. The number of anilines is 2.